The lowest BCUT2D eigenvalue weighted by Crippen LogP contribution is -2.19. The smallest absolute Gasteiger partial charge is 0.267 e. The molecule has 3 N–H and O–H groups in total. The maximum atomic E-state index is 11.3. The van der Waals surface area contributed by atoms with Crippen LogP contribution in [0.25, 0.3) is 11.5 Å². The van der Waals surface area contributed by atoms with Crippen LogP contribution in [0.15, 0.2) is 35.3 Å². The first-order valence-corrected chi connectivity index (χ1v) is 4.49. The third-order valence-corrected chi connectivity index (χ3v) is 1.90. The minimum Gasteiger partial charge on any atom is -0.364 e. The highest BCUT2D eigenvalue weighted by molar-refractivity contribution is 5.90. The lowest BCUT2D eigenvalue weighted by molar-refractivity contribution is 0.0995. The van der Waals surface area contributed by atoms with Crippen molar-refractivity contribution in [3.63, 3.8) is 0 Å². The van der Waals surface area contributed by atoms with E-state index in [9.17, 15) is 9.59 Å². The van der Waals surface area contributed by atoms with Gasteiger partial charge in [-0.05, 0) is 12.1 Å². The molecule has 0 spiro atoms. The van der Waals surface area contributed by atoms with Gasteiger partial charge in [0.05, 0.1) is 0 Å². The number of rotatable bonds is 2. The van der Waals surface area contributed by atoms with E-state index in [0.29, 0.717) is 5.69 Å². The maximum Gasteiger partial charge on any atom is 0.267 e. The molecular formula is C10H8N4O2. The standard InChI is InChI=1S/C10H8N4O2/c11-9(16)7-5-8(15)14-10(13-7)6-3-1-2-4-12-6/h1-5H,(H2,11,16)(H,13,14,15). The normalized spacial score (nSPS) is 10.0. The van der Waals surface area contributed by atoms with Crippen molar-refractivity contribution < 1.29 is 4.79 Å². The van der Waals surface area contributed by atoms with Gasteiger partial charge >= 0.3 is 0 Å². The second-order valence-electron chi connectivity index (χ2n) is 3.06. The number of aromatic amines is 1. The molecule has 80 valence electrons. The minimum atomic E-state index is -0.747. The van der Waals surface area contributed by atoms with Gasteiger partial charge in [-0.15, -0.1) is 0 Å². The van der Waals surface area contributed by atoms with Crippen molar-refractivity contribution in [1.82, 2.24) is 15.0 Å². The third kappa shape index (κ3) is 1.95. The molecule has 0 radical (unpaired) electrons. The van der Waals surface area contributed by atoms with Crippen LogP contribution >= 0.6 is 0 Å². The second kappa shape index (κ2) is 3.93. The Morgan fingerprint density at radius 2 is 2.19 bits per heavy atom. The topological polar surface area (TPSA) is 102 Å². The number of nitrogens with zero attached hydrogens (tertiary/aromatic N) is 2. The summed E-state index contributed by atoms with van der Waals surface area (Å²) in [5.41, 5.74) is 5.01. The average Bonchev–Trinajstić information content (AvgIpc) is 2.29. The number of nitrogens with one attached hydrogen (secondary N) is 1. The number of carbonyl (C=O) groups excluding carboxylic acids is 1. The van der Waals surface area contributed by atoms with Gasteiger partial charge < -0.3 is 10.7 Å². The molecule has 0 fully saturated rings. The monoisotopic (exact) mass is 216 g/mol. The first-order chi connectivity index (χ1) is 7.66. The quantitative estimate of drug-likeness (QED) is 0.733. The van der Waals surface area contributed by atoms with Crippen molar-refractivity contribution >= 4 is 5.91 Å². The summed E-state index contributed by atoms with van der Waals surface area (Å²) in [5, 5.41) is 0. The van der Waals surface area contributed by atoms with Gasteiger partial charge in [-0.25, -0.2) is 4.98 Å². The molecule has 0 saturated carbocycles. The minimum absolute atomic E-state index is 0.0793. The van der Waals surface area contributed by atoms with Crippen molar-refractivity contribution in [1.29, 1.82) is 0 Å². The molecule has 2 aromatic heterocycles. The molecule has 0 atom stereocenters. The summed E-state index contributed by atoms with van der Waals surface area (Å²) in [4.78, 5) is 32.6. The molecular weight excluding hydrogens is 208 g/mol. The molecule has 6 nitrogen and oxygen atoms in total. The number of pyridine rings is 1. The number of hydrogen-bond donors (Lipinski definition) is 2. The van der Waals surface area contributed by atoms with E-state index in [1.54, 1.807) is 24.4 Å². The Labute approximate surface area is 90.2 Å². The number of amides is 1. The summed E-state index contributed by atoms with van der Waals surface area (Å²) >= 11 is 0. The van der Waals surface area contributed by atoms with Crippen LogP contribution < -0.4 is 11.3 Å². The highest BCUT2D eigenvalue weighted by atomic mass is 16.1. The zero-order chi connectivity index (χ0) is 11.5. The summed E-state index contributed by atoms with van der Waals surface area (Å²) in [5.74, 6) is -0.523. The molecule has 0 aliphatic carbocycles. The van der Waals surface area contributed by atoms with Gasteiger partial charge in [0.15, 0.2) is 5.82 Å². The van der Waals surface area contributed by atoms with E-state index in [4.69, 9.17) is 5.73 Å². The molecule has 0 saturated heterocycles. The average molecular weight is 216 g/mol. The summed E-state index contributed by atoms with van der Waals surface area (Å²) in [6, 6.07) is 6.20. The fourth-order valence-corrected chi connectivity index (χ4v) is 1.21. The molecule has 0 aliphatic heterocycles. The molecule has 16 heavy (non-hydrogen) atoms. The van der Waals surface area contributed by atoms with Crippen molar-refractivity contribution in [3.8, 4) is 11.5 Å². The van der Waals surface area contributed by atoms with Crippen LogP contribution in [-0.4, -0.2) is 20.9 Å². The van der Waals surface area contributed by atoms with Gasteiger partial charge in [0.25, 0.3) is 11.5 Å². The van der Waals surface area contributed by atoms with Gasteiger partial charge in [0.2, 0.25) is 0 Å². The van der Waals surface area contributed by atoms with E-state index in [1.807, 2.05) is 0 Å². The van der Waals surface area contributed by atoms with Crippen molar-refractivity contribution in [2.75, 3.05) is 0 Å². The van der Waals surface area contributed by atoms with Crippen molar-refractivity contribution in [2.45, 2.75) is 0 Å². The molecule has 6 heteroatoms. The molecule has 2 rings (SSSR count). The van der Waals surface area contributed by atoms with Gasteiger partial charge in [0.1, 0.15) is 11.4 Å². The van der Waals surface area contributed by atoms with Crippen LogP contribution in [0, 0.1) is 0 Å². The first-order valence-electron chi connectivity index (χ1n) is 4.49. The first kappa shape index (κ1) is 10.0. The third-order valence-electron chi connectivity index (χ3n) is 1.90. The van der Waals surface area contributed by atoms with E-state index in [1.165, 1.54) is 0 Å². The molecule has 0 unspecified atom stereocenters. The number of nitrogens with two attached hydrogens (primary N) is 1. The van der Waals surface area contributed by atoms with E-state index in [0.717, 1.165) is 6.07 Å². The number of hydrogen-bond acceptors (Lipinski definition) is 4. The molecule has 2 aromatic rings. The Kier molecular flexibility index (Phi) is 2.47. The van der Waals surface area contributed by atoms with Crippen LogP contribution in [0.5, 0.6) is 0 Å². The highest BCUT2D eigenvalue weighted by Gasteiger charge is 2.08. The van der Waals surface area contributed by atoms with Crippen LogP contribution in [0.4, 0.5) is 0 Å². The van der Waals surface area contributed by atoms with E-state index < -0.39 is 11.5 Å². The van der Waals surface area contributed by atoms with E-state index in [2.05, 4.69) is 15.0 Å². The SMILES string of the molecule is NC(=O)c1cc(=O)[nH]c(-c2ccccn2)n1. The molecule has 0 aliphatic rings. The predicted molar refractivity (Wildman–Crippen MR) is 56.6 cm³/mol. The molecule has 2 heterocycles. The summed E-state index contributed by atoms with van der Waals surface area (Å²) in [6.07, 6.45) is 1.56. The maximum absolute atomic E-state index is 11.3. The lowest BCUT2D eigenvalue weighted by Gasteiger charge is -2.00. The molecule has 1 amide bonds. The van der Waals surface area contributed by atoms with E-state index >= 15 is 0 Å². The largest absolute Gasteiger partial charge is 0.364 e. The second-order valence-corrected chi connectivity index (χ2v) is 3.06. The Morgan fingerprint density at radius 3 is 2.81 bits per heavy atom. The van der Waals surface area contributed by atoms with Gasteiger partial charge in [-0.1, -0.05) is 6.07 Å². The number of carbonyl (C=O) groups is 1. The van der Waals surface area contributed by atoms with Crippen molar-refractivity contribution in [3.05, 3.63) is 46.5 Å². The number of primary amides is 1. The van der Waals surface area contributed by atoms with Crippen LogP contribution in [0.1, 0.15) is 10.5 Å². The van der Waals surface area contributed by atoms with Crippen LogP contribution in [-0.2, 0) is 0 Å². The zero-order valence-electron chi connectivity index (χ0n) is 8.18. The zero-order valence-corrected chi connectivity index (χ0v) is 8.18. The number of aromatic nitrogens is 3. The molecule has 0 aromatic carbocycles. The van der Waals surface area contributed by atoms with Crippen molar-refractivity contribution in [2.24, 2.45) is 5.73 Å². The fraction of sp³-hybridized carbons (Fsp3) is 0. The Hall–Kier alpha value is -2.50. The lowest BCUT2D eigenvalue weighted by atomic mass is 10.3. The Morgan fingerprint density at radius 1 is 1.38 bits per heavy atom. The molecule has 0 bridgehead atoms. The van der Waals surface area contributed by atoms with Gasteiger partial charge in [0, 0.05) is 12.3 Å². The van der Waals surface area contributed by atoms with Crippen LogP contribution in [0.3, 0.4) is 0 Å². The summed E-state index contributed by atoms with van der Waals surface area (Å²) in [7, 11) is 0. The summed E-state index contributed by atoms with van der Waals surface area (Å²) in [6.45, 7) is 0. The van der Waals surface area contributed by atoms with Crippen LogP contribution in [0.2, 0.25) is 0 Å². The highest BCUT2D eigenvalue weighted by Crippen LogP contribution is 2.08. The summed E-state index contributed by atoms with van der Waals surface area (Å²) < 4.78 is 0. The van der Waals surface area contributed by atoms with Gasteiger partial charge in [-0.3, -0.25) is 14.6 Å². The Balaban J connectivity index is 2.58. The predicted octanol–water partition coefficient (Wildman–Crippen LogP) is -0.0692. The Bertz CT molecular complexity index is 577. The number of H-pyrrole nitrogens is 1. The van der Waals surface area contributed by atoms with E-state index in [-0.39, 0.29) is 11.5 Å². The fourth-order valence-electron chi connectivity index (χ4n) is 1.21. The van der Waals surface area contributed by atoms with Gasteiger partial charge in [-0.2, -0.15) is 0 Å².